The zero-order valence-corrected chi connectivity index (χ0v) is 14.3. The number of carbonyl (C=O) groups is 1. The zero-order chi connectivity index (χ0) is 17.6. The van der Waals surface area contributed by atoms with Gasteiger partial charge in [0, 0.05) is 12.2 Å². The van der Waals surface area contributed by atoms with Crippen LogP contribution in [0.2, 0.25) is 0 Å². The largest absolute Gasteiger partial charge is 0.382 e. The summed E-state index contributed by atoms with van der Waals surface area (Å²) in [5, 5.41) is 0. The van der Waals surface area contributed by atoms with Gasteiger partial charge in [-0.25, -0.2) is 15.0 Å². The molecule has 1 aliphatic rings. The van der Waals surface area contributed by atoms with E-state index in [1.54, 1.807) is 10.9 Å². The van der Waals surface area contributed by atoms with Gasteiger partial charge < -0.3 is 15.2 Å². The van der Waals surface area contributed by atoms with Crippen molar-refractivity contribution in [1.29, 1.82) is 0 Å². The highest BCUT2D eigenvalue weighted by Gasteiger charge is 2.28. The Kier molecular flexibility index (Phi) is 3.63. The second-order valence-electron chi connectivity index (χ2n) is 6.42. The smallest absolute Gasteiger partial charge is 0.249 e. The Morgan fingerprint density at radius 2 is 2.12 bits per heavy atom. The molecule has 0 saturated heterocycles. The molecule has 7 nitrogen and oxygen atoms in total. The van der Waals surface area contributed by atoms with Gasteiger partial charge in [0.25, 0.3) is 0 Å². The highest BCUT2D eigenvalue weighted by atomic mass is 16.2. The van der Waals surface area contributed by atoms with Crippen molar-refractivity contribution in [2.45, 2.75) is 32.7 Å². The molecule has 0 radical (unpaired) electrons. The third-order valence-electron chi connectivity index (χ3n) is 4.91. The average molecular weight is 336 g/mol. The van der Waals surface area contributed by atoms with Crippen molar-refractivity contribution < 1.29 is 4.79 Å². The van der Waals surface area contributed by atoms with E-state index in [2.05, 4.69) is 27.9 Å². The van der Waals surface area contributed by atoms with Crippen LogP contribution in [-0.2, 0) is 11.2 Å². The molecule has 1 aliphatic heterocycles. The molecule has 0 aliphatic carbocycles. The molecule has 1 aromatic carbocycles. The van der Waals surface area contributed by atoms with E-state index < -0.39 is 6.04 Å². The average Bonchev–Trinajstić information content (AvgIpc) is 3.06. The first-order chi connectivity index (χ1) is 12.1. The van der Waals surface area contributed by atoms with Gasteiger partial charge in [-0.3, -0.25) is 4.79 Å². The van der Waals surface area contributed by atoms with Crippen LogP contribution in [-0.4, -0.2) is 32.0 Å². The molecule has 4 rings (SSSR count). The maximum Gasteiger partial charge on any atom is 0.249 e. The predicted octanol–water partition coefficient (Wildman–Crippen LogP) is 2.26. The summed E-state index contributed by atoms with van der Waals surface area (Å²) in [4.78, 5) is 27.5. The number of aromatic nitrogens is 4. The second-order valence-corrected chi connectivity index (χ2v) is 6.42. The summed E-state index contributed by atoms with van der Waals surface area (Å²) in [5.41, 5.74) is 10.5. The van der Waals surface area contributed by atoms with Gasteiger partial charge in [0.1, 0.15) is 17.9 Å². The molecule has 2 aromatic heterocycles. The fourth-order valence-electron chi connectivity index (χ4n) is 3.53. The maximum absolute atomic E-state index is 13.2. The van der Waals surface area contributed by atoms with Crippen molar-refractivity contribution in [2.75, 3.05) is 17.2 Å². The minimum absolute atomic E-state index is 0.0306. The number of benzene rings is 1. The lowest BCUT2D eigenvalue weighted by Crippen LogP contribution is -2.39. The molecule has 1 unspecified atom stereocenters. The first-order valence-corrected chi connectivity index (χ1v) is 8.41. The first-order valence-electron chi connectivity index (χ1n) is 8.41. The van der Waals surface area contributed by atoms with Gasteiger partial charge in [-0.15, -0.1) is 0 Å². The number of hydrogen-bond acceptors (Lipinski definition) is 5. The SMILES string of the molecule is Cc1cccc2c1CCCN2C(=O)C(C)n1cnc2c(N)ncnc21. The molecule has 1 atom stereocenters. The van der Waals surface area contributed by atoms with E-state index in [0.717, 1.165) is 25.1 Å². The van der Waals surface area contributed by atoms with Gasteiger partial charge >= 0.3 is 0 Å². The van der Waals surface area contributed by atoms with Crippen molar-refractivity contribution in [3.05, 3.63) is 42.0 Å². The molecule has 0 fully saturated rings. The van der Waals surface area contributed by atoms with Gasteiger partial charge in [0.05, 0.1) is 6.33 Å². The molecule has 7 heteroatoms. The summed E-state index contributed by atoms with van der Waals surface area (Å²) in [6.07, 6.45) is 4.99. The monoisotopic (exact) mass is 336 g/mol. The summed E-state index contributed by atoms with van der Waals surface area (Å²) in [7, 11) is 0. The molecule has 0 spiro atoms. The van der Waals surface area contributed by atoms with Gasteiger partial charge in [-0.05, 0) is 43.9 Å². The molecule has 2 N–H and O–H groups in total. The number of anilines is 2. The van der Waals surface area contributed by atoms with Gasteiger partial charge in [0.2, 0.25) is 5.91 Å². The summed E-state index contributed by atoms with van der Waals surface area (Å²) >= 11 is 0. The fraction of sp³-hybridized carbons (Fsp3) is 0.333. The first kappa shape index (κ1) is 15.6. The van der Waals surface area contributed by atoms with E-state index in [1.807, 2.05) is 24.0 Å². The number of fused-ring (bicyclic) bond motifs is 2. The van der Waals surface area contributed by atoms with Crippen molar-refractivity contribution in [2.24, 2.45) is 0 Å². The van der Waals surface area contributed by atoms with Crippen LogP contribution >= 0.6 is 0 Å². The van der Waals surface area contributed by atoms with Crippen molar-refractivity contribution in [3.8, 4) is 0 Å². The lowest BCUT2D eigenvalue weighted by atomic mass is 9.96. The van der Waals surface area contributed by atoms with Crippen LogP contribution in [0.1, 0.15) is 30.5 Å². The minimum Gasteiger partial charge on any atom is -0.382 e. The lowest BCUT2D eigenvalue weighted by Gasteiger charge is -2.32. The minimum atomic E-state index is -0.425. The number of nitrogen functional groups attached to an aromatic ring is 1. The number of carbonyl (C=O) groups excluding carboxylic acids is 1. The van der Waals surface area contributed by atoms with E-state index in [1.165, 1.54) is 17.5 Å². The van der Waals surface area contributed by atoms with E-state index in [0.29, 0.717) is 17.0 Å². The second kappa shape index (κ2) is 5.84. The Labute approximate surface area is 145 Å². The Bertz CT molecular complexity index is 963. The van der Waals surface area contributed by atoms with Crippen LogP contribution < -0.4 is 10.6 Å². The standard InChI is InChI=1S/C18H20N6O/c1-11-5-3-7-14-13(11)6-4-8-23(14)18(25)12(2)24-10-22-15-16(19)20-9-21-17(15)24/h3,5,7,9-10,12H,4,6,8H2,1-2H3,(H2,19,20,21). The lowest BCUT2D eigenvalue weighted by molar-refractivity contribution is -0.121. The normalized spacial score (nSPS) is 15.2. The van der Waals surface area contributed by atoms with Crippen LogP contribution in [0.15, 0.2) is 30.9 Å². The third-order valence-corrected chi connectivity index (χ3v) is 4.91. The van der Waals surface area contributed by atoms with Crippen LogP contribution in [0.5, 0.6) is 0 Å². The Morgan fingerprint density at radius 3 is 2.96 bits per heavy atom. The molecule has 3 heterocycles. The van der Waals surface area contributed by atoms with Crippen molar-refractivity contribution >= 4 is 28.6 Å². The molecule has 1 amide bonds. The molecular formula is C18H20N6O. The molecule has 0 saturated carbocycles. The summed E-state index contributed by atoms with van der Waals surface area (Å²) in [5.74, 6) is 0.352. The maximum atomic E-state index is 13.2. The molecule has 25 heavy (non-hydrogen) atoms. The number of imidazole rings is 1. The highest BCUT2D eigenvalue weighted by molar-refractivity contribution is 5.98. The van der Waals surface area contributed by atoms with E-state index in [-0.39, 0.29) is 5.91 Å². The predicted molar refractivity (Wildman–Crippen MR) is 96.3 cm³/mol. The van der Waals surface area contributed by atoms with Crippen LogP contribution in [0.4, 0.5) is 11.5 Å². The van der Waals surface area contributed by atoms with E-state index >= 15 is 0 Å². The highest BCUT2D eigenvalue weighted by Crippen LogP contribution is 2.31. The molecular weight excluding hydrogens is 316 g/mol. The van der Waals surface area contributed by atoms with Crippen LogP contribution in [0.25, 0.3) is 11.2 Å². The summed E-state index contributed by atoms with van der Waals surface area (Å²) in [6, 6.07) is 5.70. The van der Waals surface area contributed by atoms with Gasteiger partial charge in [0.15, 0.2) is 11.5 Å². The van der Waals surface area contributed by atoms with E-state index in [9.17, 15) is 4.79 Å². The summed E-state index contributed by atoms with van der Waals surface area (Å²) < 4.78 is 1.76. The molecule has 0 bridgehead atoms. The van der Waals surface area contributed by atoms with Crippen molar-refractivity contribution in [1.82, 2.24) is 19.5 Å². The number of rotatable bonds is 2. The Hall–Kier alpha value is -2.96. The quantitative estimate of drug-likeness (QED) is 0.775. The zero-order valence-electron chi connectivity index (χ0n) is 14.3. The van der Waals surface area contributed by atoms with Crippen LogP contribution in [0.3, 0.4) is 0 Å². The number of aryl methyl sites for hydroxylation is 1. The number of hydrogen-bond donors (Lipinski definition) is 1. The number of amides is 1. The van der Waals surface area contributed by atoms with Gasteiger partial charge in [-0.1, -0.05) is 12.1 Å². The summed E-state index contributed by atoms with van der Waals surface area (Å²) in [6.45, 7) is 4.69. The molecule has 128 valence electrons. The van der Waals surface area contributed by atoms with E-state index in [4.69, 9.17) is 5.73 Å². The topological polar surface area (TPSA) is 89.9 Å². The Morgan fingerprint density at radius 1 is 1.28 bits per heavy atom. The van der Waals surface area contributed by atoms with Crippen molar-refractivity contribution in [3.63, 3.8) is 0 Å². The van der Waals surface area contributed by atoms with Gasteiger partial charge in [-0.2, -0.15) is 0 Å². The number of nitrogens with two attached hydrogens (primary N) is 1. The third kappa shape index (κ3) is 2.43. The fourth-order valence-corrected chi connectivity index (χ4v) is 3.53. The number of nitrogens with zero attached hydrogens (tertiary/aromatic N) is 5. The molecule has 3 aromatic rings. The van der Waals surface area contributed by atoms with Crippen LogP contribution in [0, 0.1) is 6.92 Å². The Balaban J connectivity index is 1.72.